The molecular formula is C21H18N12. The minimum Gasteiger partial charge on any atom is -0.383 e. The van der Waals surface area contributed by atoms with E-state index in [0.29, 0.717) is 28.2 Å². The Morgan fingerprint density at radius 2 is 1.97 bits per heavy atom. The molecule has 0 fully saturated rings. The zero-order valence-corrected chi connectivity index (χ0v) is 17.8. The summed E-state index contributed by atoms with van der Waals surface area (Å²) in [5, 5.41) is 19.4. The van der Waals surface area contributed by atoms with Crippen LogP contribution in [0.2, 0.25) is 0 Å². The lowest BCUT2D eigenvalue weighted by Gasteiger charge is -2.09. The predicted octanol–water partition coefficient (Wildman–Crippen LogP) is 1.94. The Hall–Kier alpha value is -4.74. The Morgan fingerprint density at radius 3 is 2.82 bits per heavy atom. The molecule has 6 aromatic heterocycles. The van der Waals surface area contributed by atoms with Crippen molar-refractivity contribution in [2.24, 2.45) is 7.05 Å². The molecule has 33 heavy (non-hydrogen) atoms. The zero-order valence-electron chi connectivity index (χ0n) is 17.8. The molecule has 0 aliphatic carbocycles. The first-order chi connectivity index (χ1) is 16.1. The number of fused-ring (bicyclic) bond motifs is 2. The lowest BCUT2D eigenvalue weighted by molar-refractivity contribution is 0.565. The molecule has 0 saturated carbocycles. The van der Waals surface area contributed by atoms with Crippen LogP contribution in [0.3, 0.4) is 0 Å². The Kier molecular flexibility index (Phi) is 4.12. The van der Waals surface area contributed by atoms with Gasteiger partial charge in [0.05, 0.1) is 47.4 Å². The maximum Gasteiger partial charge on any atom is 0.164 e. The largest absolute Gasteiger partial charge is 0.383 e. The van der Waals surface area contributed by atoms with Gasteiger partial charge in [-0.15, -0.1) is 5.10 Å². The van der Waals surface area contributed by atoms with Gasteiger partial charge in [-0.05, 0) is 19.1 Å². The fourth-order valence-corrected chi connectivity index (χ4v) is 3.91. The number of aryl methyl sites for hydroxylation is 1. The molecule has 6 rings (SSSR count). The molecule has 6 heterocycles. The van der Waals surface area contributed by atoms with Crippen LogP contribution in [0.25, 0.3) is 38.9 Å². The summed E-state index contributed by atoms with van der Waals surface area (Å²) >= 11 is 0. The van der Waals surface area contributed by atoms with E-state index in [1.54, 1.807) is 45.0 Å². The number of nitrogens with zero attached hydrogens (tertiary/aromatic N) is 11. The molecule has 162 valence electrons. The molecule has 12 heteroatoms. The molecule has 0 spiro atoms. The summed E-state index contributed by atoms with van der Waals surface area (Å²) in [7, 11) is 1.87. The van der Waals surface area contributed by atoms with E-state index in [0.717, 1.165) is 22.2 Å². The first-order valence-corrected chi connectivity index (χ1v) is 10.2. The average Bonchev–Trinajstić information content (AvgIpc) is 3.57. The standard InChI is InChI=1S/C21H18N12/c1-12(16-10-32(30-28-16)13-4-3-5-23-6-13)33-21-18(20(22)25-11-26-21)19(29-33)15-7-24-9-17-14(15)8-27-31(17)2/h3-12H,1-2H3,(H2,22,25,26). The van der Waals surface area contributed by atoms with Crippen LogP contribution in [0, 0.1) is 0 Å². The Balaban J connectivity index is 1.52. The predicted molar refractivity (Wildman–Crippen MR) is 120 cm³/mol. The Labute approximate surface area is 186 Å². The van der Waals surface area contributed by atoms with Crippen molar-refractivity contribution in [2.75, 3.05) is 5.73 Å². The SMILES string of the molecule is CC(c1cn(-c2cccnc2)nn1)n1nc(-c2cncc3c2cnn3C)c2c(N)ncnc21. The van der Waals surface area contributed by atoms with Gasteiger partial charge in [0, 0.05) is 30.4 Å². The molecule has 0 bridgehead atoms. The van der Waals surface area contributed by atoms with E-state index in [4.69, 9.17) is 10.8 Å². The Bertz CT molecular complexity index is 1610. The molecule has 0 saturated heterocycles. The fraction of sp³-hybridized carbons (Fsp3) is 0.143. The molecular weight excluding hydrogens is 420 g/mol. The van der Waals surface area contributed by atoms with Crippen LogP contribution >= 0.6 is 0 Å². The van der Waals surface area contributed by atoms with Gasteiger partial charge in [-0.3, -0.25) is 14.6 Å². The van der Waals surface area contributed by atoms with E-state index in [1.807, 2.05) is 32.3 Å². The van der Waals surface area contributed by atoms with E-state index in [1.165, 1.54) is 6.33 Å². The van der Waals surface area contributed by atoms with Crippen LogP contribution in [-0.4, -0.2) is 54.5 Å². The topological polar surface area (TPSA) is 144 Å². The number of nitrogen functional groups attached to an aromatic ring is 1. The van der Waals surface area contributed by atoms with Crippen molar-refractivity contribution in [1.29, 1.82) is 0 Å². The first-order valence-electron chi connectivity index (χ1n) is 10.2. The monoisotopic (exact) mass is 438 g/mol. The summed E-state index contributed by atoms with van der Waals surface area (Å²) < 4.78 is 5.23. The summed E-state index contributed by atoms with van der Waals surface area (Å²) in [5.41, 5.74) is 10.7. The summed E-state index contributed by atoms with van der Waals surface area (Å²) in [4.78, 5) is 17.2. The van der Waals surface area contributed by atoms with E-state index < -0.39 is 0 Å². The zero-order chi connectivity index (χ0) is 22.5. The van der Waals surface area contributed by atoms with Crippen molar-refractivity contribution in [2.45, 2.75) is 13.0 Å². The third-order valence-corrected chi connectivity index (χ3v) is 5.66. The Morgan fingerprint density at radius 1 is 1.06 bits per heavy atom. The van der Waals surface area contributed by atoms with Crippen LogP contribution in [-0.2, 0) is 7.05 Å². The number of rotatable bonds is 4. The van der Waals surface area contributed by atoms with Crippen LogP contribution in [0.5, 0.6) is 0 Å². The van der Waals surface area contributed by atoms with Gasteiger partial charge in [-0.25, -0.2) is 19.3 Å². The lowest BCUT2D eigenvalue weighted by Crippen LogP contribution is -2.10. The smallest absolute Gasteiger partial charge is 0.164 e. The van der Waals surface area contributed by atoms with Crippen molar-refractivity contribution < 1.29 is 0 Å². The maximum absolute atomic E-state index is 6.29. The molecule has 0 aliphatic rings. The maximum atomic E-state index is 6.29. The molecule has 1 atom stereocenters. The number of hydrogen-bond acceptors (Lipinski definition) is 9. The third-order valence-electron chi connectivity index (χ3n) is 5.66. The van der Waals surface area contributed by atoms with Gasteiger partial charge in [0.15, 0.2) is 5.65 Å². The lowest BCUT2D eigenvalue weighted by atomic mass is 10.1. The molecule has 6 aromatic rings. The van der Waals surface area contributed by atoms with Gasteiger partial charge in [0.25, 0.3) is 0 Å². The number of pyridine rings is 2. The molecule has 2 N–H and O–H groups in total. The normalized spacial score (nSPS) is 12.5. The van der Waals surface area contributed by atoms with Gasteiger partial charge < -0.3 is 5.73 Å². The number of nitrogens with two attached hydrogens (primary N) is 1. The van der Waals surface area contributed by atoms with Crippen LogP contribution in [0.4, 0.5) is 5.82 Å². The molecule has 0 aromatic carbocycles. The van der Waals surface area contributed by atoms with Gasteiger partial charge >= 0.3 is 0 Å². The second kappa shape index (κ2) is 7.15. The van der Waals surface area contributed by atoms with Crippen molar-refractivity contribution in [3.05, 3.63) is 61.3 Å². The summed E-state index contributed by atoms with van der Waals surface area (Å²) in [6.45, 7) is 1.98. The third kappa shape index (κ3) is 2.91. The summed E-state index contributed by atoms with van der Waals surface area (Å²) in [6, 6.07) is 3.48. The van der Waals surface area contributed by atoms with Gasteiger partial charge in [-0.2, -0.15) is 10.2 Å². The van der Waals surface area contributed by atoms with Crippen molar-refractivity contribution in [1.82, 2.24) is 54.5 Å². The molecule has 0 amide bonds. The van der Waals surface area contributed by atoms with Gasteiger partial charge in [0.2, 0.25) is 0 Å². The van der Waals surface area contributed by atoms with Gasteiger partial charge in [-0.1, -0.05) is 5.21 Å². The highest BCUT2D eigenvalue weighted by atomic mass is 15.4. The van der Waals surface area contributed by atoms with Gasteiger partial charge in [0.1, 0.15) is 23.5 Å². The van der Waals surface area contributed by atoms with E-state index in [2.05, 4.69) is 35.3 Å². The van der Waals surface area contributed by atoms with Crippen molar-refractivity contribution in [3.63, 3.8) is 0 Å². The highest BCUT2D eigenvalue weighted by molar-refractivity contribution is 6.04. The quantitative estimate of drug-likeness (QED) is 0.436. The van der Waals surface area contributed by atoms with Crippen molar-refractivity contribution >= 4 is 27.8 Å². The molecule has 1 unspecified atom stereocenters. The second-order valence-electron chi connectivity index (χ2n) is 7.61. The fourth-order valence-electron chi connectivity index (χ4n) is 3.91. The van der Waals surface area contributed by atoms with E-state index >= 15 is 0 Å². The van der Waals surface area contributed by atoms with E-state index in [-0.39, 0.29) is 6.04 Å². The highest BCUT2D eigenvalue weighted by Crippen LogP contribution is 2.35. The van der Waals surface area contributed by atoms with Crippen LogP contribution in [0.1, 0.15) is 18.7 Å². The molecule has 0 radical (unpaired) electrons. The summed E-state index contributed by atoms with van der Waals surface area (Å²) in [6.07, 6.45) is 12.0. The number of hydrogen-bond donors (Lipinski definition) is 1. The minimum atomic E-state index is -0.276. The number of aromatic nitrogens is 11. The van der Waals surface area contributed by atoms with Crippen LogP contribution in [0.15, 0.2) is 55.6 Å². The second-order valence-corrected chi connectivity index (χ2v) is 7.61. The highest BCUT2D eigenvalue weighted by Gasteiger charge is 2.24. The van der Waals surface area contributed by atoms with E-state index in [9.17, 15) is 0 Å². The minimum absolute atomic E-state index is 0.276. The first kappa shape index (κ1) is 19.0. The summed E-state index contributed by atoms with van der Waals surface area (Å²) in [5.74, 6) is 0.341. The van der Waals surface area contributed by atoms with Crippen molar-refractivity contribution in [3.8, 4) is 16.9 Å². The van der Waals surface area contributed by atoms with Crippen LogP contribution < -0.4 is 5.73 Å². The number of anilines is 1. The molecule has 12 nitrogen and oxygen atoms in total. The molecule has 0 aliphatic heterocycles. The average molecular weight is 438 g/mol.